The second-order valence-electron chi connectivity index (χ2n) is 6.15. The van der Waals surface area contributed by atoms with E-state index in [1.165, 1.54) is 34.4 Å². The van der Waals surface area contributed by atoms with Crippen LogP contribution in [0.3, 0.4) is 0 Å². The van der Waals surface area contributed by atoms with Gasteiger partial charge >= 0.3 is 0 Å². The van der Waals surface area contributed by atoms with E-state index in [0.717, 1.165) is 11.5 Å². The van der Waals surface area contributed by atoms with Gasteiger partial charge in [0.15, 0.2) is 11.4 Å². The third kappa shape index (κ3) is 5.59. The molecule has 16 heteroatoms. The van der Waals surface area contributed by atoms with Crippen molar-refractivity contribution in [2.24, 2.45) is 30.7 Å². The van der Waals surface area contributed by atoms with Crippen LogP contribution in [-0.4, -0.2) is 44.8 Å². The molecular formula is C17H15N11OS4. The highest BCUT2D eigenvalue weighted by Crippen LogP contribution is 2.50. The highest BCUT2D eigenvalue weighted by Gasteiger charge is 2.21. The molecule has 0 atom stereocenters. The van der Waals surface area contributed by atoms with Crippen molar-refractivity contribution in [2.75, 3.05) is 25.3 Å². The molecule has 1 N–H and O–H groups in total. The minimum Gasteiger partial charge on any atom is -0.504 e. The lowest BCUT2D eigenvalue weighted by Crippen LogP contribution is -2.09. The Morgan fingerprint density at radius 1 is 0.879 bits per heavy atom. The van der Waals surface area contributed by atoms with Crippen LogP contribution in [0, 0.1) is 0 Å². The average molecular weight is 518 g/mol. The maximum atomic E-state index is 11.0. The van der Waals surface area contributed by atoms with Gasteiger partial charge in [-0.25, -0.2) is 9.97 Å². The van der Waals surface area contributed by atoms with Crippen LogP contribution in [0.1, 0.15) is 0 Å². The van der Waals surface area contributed by atoms with Gasteiger partial charge in [-0.1, -0.05) is 11.8 Å². The summed E-state index contributed by atoms with van der Waals surface area (Å²) in [4.78, 5) is 14.2. The quantitative estimate of drug-likeness (QED) is 0.192. The number of aromatic nitrogens is 4. The van der Waals surface area contributed by atoms with Gasteiger partial charge in [0.2, 0.25) is 20.6 Å². The van der Waals surface area contributed by atoms with E-state index in [1.807, 2.05) is 6.26 Å². The van der Waals surface area contributed by atoms with E-state index >= 15 is 0 Å². The number of thioether (sulfide) groups is 1. The summed E-state index contributed by atoms with van der Waals surface area (Å²) in [6, 6.07) is 1.56. The fourth-order valence-corrected chi connectivity index (χ4v) is 4.41. The molecule has 0 saturated carbocycles. The summed E-state index contributed by atoms with van der Waals surface area (Å²) in [7, 11) is 3.60. The summed E-state index contributed by atoms with van der Waals surface area (Å²) in [5.74, 6) is -0.217. The van der Waals surface area contributed by atoms with E-state index in [1.54, 1.807) is 48.2 Å². The van der Waals surface area contributed by atoms with E-state index in [9.17, 15) is 5.11 Å². The molecule has 12 nitrogen and oxygen atoms in total. The van der Waals surface area contributed by atoms with Crippen molar-refractivity contribution < 1.29 is 5.11 Å². The minimum atomic E-state index is -0.217. The largest absolute Gasteiger partial charge is 0.504 e. The molecule has 0 aliphatic carbocycles. The van der Waals surface area contributed by atoms with Crippen molar-refractivity contribution in [1.29, 1.82) is 0 Å². The van der Waals surface area contributed by atoms with Crippen LogP contribution in [0.4, 0.5) is 38.1 Å². The summed E-state index contributed by atoms with van der Waals surface area (Å²) in [5.41, 5.74) is 1.18. The summed E-state index contributed by atoms with van der Waals surface area (Å²) in [6.45, 7) is 0. The predicted molar refractivity (Wildman–Crippen MR) is 131 cm³/mol. The molecule has 0 bridgehead atoms. The number of aromatic hydroxyl groups is 1. The van der Waals surface area contributed by atoms with Crippen LogP contribution in [-0.2, 0) is 0 Å². The molecule has 0 radical (unpaired) electrons. The Morgan fingerprint density at radius 2 is 1.52 bits per heavy atom. The number of nitrogens with zero attached hydrogens (tertiary/aromatic N) is 11. The Balaban J connectivity index is 1.82. The van der Waals surface area contributed by atoms with Gasteiger partial charge in [0.1, 0.15) is 11.4 Å². The molecule has 3 heterocycles. The van der Waals surface area contributed by atoms with Gasteiger partial charge in [-0.15, -0.1) is 53.4 Å². The molecule has 33 heavy (non-hydrogen) atoms. The highest BCUT2D eigenvalue weighted by molar-refractivity contribution is 7.98. The Hall–Kier alpha value is -3.21. The number of anilines is 1. The lowest BCUT2D eigenvalue weighted by atomic mass is 10.1. The van der Waals surface area contributed by atoms with Gasteiger partial charge in [-0.05, 0) is 12.3 Å². The number of phenols is 1. The van der Waals surface area contributed by atoms with Gasteiger partial charge in [0.25, 0.3) is 0 Å². The van der Waals surface area contributed by atoms with Gasteiger partial charge in [0.05, 0.1) is 5.69 Å². The van der Waals surface area contributed by atoms with Gasteiger partial charge in [-0.2, -0.15) is 9.36 Å². The van der Waals surface area contributed by atoms with Crippen LogP contribution in [0.2, 0.25) is 0 Å². The predicted octanol–water partition coefficient (Wildman–Crippen LogP) is 7.19. The van der Waals surface area contributed by atoms with Gasteiger partial charge in [0, 0.05) is 48.8 Å². The maximum absolute atomic E-state index is 11.0. The van der Waals surface area contributed by atoms with Gasteiger partial charge < -0.3 is 10.0 Å². The van der Waals surface area contributed by atoms with Crippen molar-refractivity contribution in [3.05, 3.63) is 29.2 Å². The first-order valence-corrected chi connectivity index (χ1v) is 12.8. The fourth-order valence-electron chi connectivity index (χ4n) is 2.45. The van der Waals surface area contributed by atoms with Crippen LogP contribution in [0.15, 0.2) is 65.1 Å². The zero-order valence-corrected chi connectivity index (χ0v) is 20.7. The van der Waals surface area contributed by atoms with E-state index in [0.29, 0.717) is 31.9 Å². The Bertz CT molecular complexity index is 1300. The summed E-state index contributed by atoms with van der Waals surface area (Å²) in [6.07, 6.45) is 5.13. The Morgan fingerprint density at radius 3 is 2.09 bits per heavy atom. The van der Waals surface area contributed by atoms with Crippen LogP contribution >= 0.6 is 46.0 Å². The van der Waals surface area contributed by atoms with Crippen LogP contribution in [0.5, 0.6) is 5.75 Å². The number of hydrogen-bond acceptors (Lipinski definition) is 16. The number of benzene rings is 1. The Kier molecular flexibility index (Phi) is 7.38. The summed E-state index contributed by atoms with van der Waals surface area (Å²) in [5, 5.41) is 41.6. The fraction of sp³-hybridized carbons (Fsp3) is 0.176. The molecule has 0 aliphatic rings. The molecule has 168 valence electrons. The third-order valence-corrected chi connectivity index (χ3v) is 6.37. The second-order valence-corrected chi connectivity index (χ2v) is 9.40. The van der Waals surface area contributed by atoms with Crippen LogP contribution in [0.25, 0.3) is 0 Å². The number of rotatable bonds is 8. The molecule has 3 aromatic heterocycles. The first-order valence-electron chi connectivity index (χ1n) is 9.04. The summed E-state index contributed by atoms with van der Waals surface area (Å²) >= 11 is 5.17. The summed E-state index contributed by atoms with van der Waals surface area (Å²) < 4.78 is 4.15. The SMILES string of the molecule is CSc1nsc(/N=N/c2cc(/N=N/c3nccs3)c(N(C)C)c(/N=N/c3nccs3)c2O)n1. The molecular weight excluding hydrogens is 503 g/mol. The highest BCUT2D eigenvalue weighted by atomic mass is 32.2. The zero-order chi connectivity index (χ0) is 23.2. The minimum absolute atomic E-state index is 0.127. The van der Waals surface area contributed by atoms with E-state index in [4.69, 9.17) is 0 Å². The van der Waals surface area contributed by atoms with Crippen molar-refractivity contribution in [3.63, 3.8) is 0 Å². The number of azo groups is 3. The Labute approximate surface area is 204 Å². The van der Waals surface area contributed by atoms with Gasteiger partial charge in [-0.3, -0.25) is 0 Å². The standard InChI is InChI=1S/C17H15N11OS4/c1-28(2)12-9(21-24-14-18-4-6-31-14)8-10(22-26-16-20-17(30-3)27-33-16)13(29)11(12)23-25-15-19-5-7-32-15/h4-8,29H,1-3H3/b24-21+,25-23+,26-22+. The molecule has 0 fully saturated rings. The van der Waals surface area contributed by atoms with Crippen molar-refractivity contribution in [2.45, 2.75) is 5.16 Å². The first-order chi connectivity index (χ1) is 16.0. The number of hydrogen-bond donors (Lipinski definition) is 1. The lowest BCUT2D eigenvalue weighted by Gasteiger charge is -2.18. The molecule has 0 spiro atoms. The molecule has 1 aromatic carbocycles. The average Bonchev–Trinajstić information content (AvgIpc) is 3.59. The third-order valence-electron chi connectivity index (χ3n) is 3.79. The molecule has 0 unspecified atom stereocenters. The molecule has 0 amide bonds. The molecule has 0 aliphatic heterocycles. The maximum Gasteiger partial charge on any atom is 0.250 e. The van der Waals surface area contributed by atoms with E-state index < -0.39 is 0 Å². The normalized spacial score (nSPS) is 12.0. The molecule has 4 aromatic rings. The smallest absolute Gasteiger partial charge is 0.250 e. The number of thiazole rings is 2. The number of phenolic OH excluding ortho intramolecular Hbond substituents is 1. The molecule has 4 rings (SSSR count). The van der Waals surface area contributed by atoms with Crippen molar-refractivity contribution >= 4 is 84.1 Å². The lowest BCUT2D eigenvalue weighted by molar-refractivity contribution is 0.477. The zero-order valence-electron chi connectivity index (χ0n) is 17.4. The van der Waals surface area contributed by atoms with Crippen molar-refractivity contribution in [1.82, 2.24) is 19.3 Å². The van der Waals surface area contributed by atoms with E-state index in [2.05, 4.69) is 50.0 Å². The van der Waals surface area contributed by atoms with E-state index in [-0.39, 0.29) is 17.1 Å². The first kappa shape index (κ1) is 23.0. The second kappa shape index (κ2) is 10.6. The molecule has 0 saturated heterocycles. The van der Waals surface area contributed by atoms with Crippen molar-refractivity contribution in [3.8, 4) is 5.75 Å². The topological polar surface area (TPSA) is 149 Å². The van der Waals surface area contributed by atoms with Crippen LogP contribution < -0.4 is 4.90 Å². The monoisotopic (exact) mass is 517 g/mol.